The molecule has 0 bridgehead atoms. The lowest BCUT2D eigenvalue weighted by Crippen LogP contribution is -2.49. The van der Waals surface area contributed by atoms with Crippen LogP contribution >= 0.6 is 28.1 Å². The van der Waals surface area contributed by atoms with Gasteiger partial charge in [-0.2, -0.15) is 0 Å². The molecule has 0 saturated heterocycles. The average Bonchev–Trinajstić information content (AvgIpc) is 2.86. The second-order valence-corrected chi connectivity index (χ2v) is 10.8. The van der Waals surface area contributed by atoms with Crippen molar-refractivity contribution in [1.29, 1.82) is 0 Å². The number of aryl methyl sites for hydroxylation is 1. The van der Waals surface area contributed by atoms with Crippen LogP contribution < -0.4 is 26.2 Å². The summed E-state index contributed by atoms with van der Waals surface area (Å²) in [6.45, 7) is 8.02. The van der Waals surface area contributed by atoms with Crippen LogP contribution in [0.3, 0.4) is 0 Å². The summed E-state index contributed by atoms with van der Waals surface area (Å²) >= 11 is 8.43. The number of hydrogen-bond donors (Lipinski definition) is 4. The van der Waals surface area contributed by atoms with Gasteiger partial charge >= 0.3 is 0 Å². The van der Waals surface area contributed by atoms with Crippen molar-refractivity contribution in [1.82, 2.24) is 16.2 Å². The fraction of sp³-hybridized carbons (Fsp3) is 0.214. The van der Waals surface area contributed by atoms with Crippen molar-refractivity contribution in [2.24, 2.45) is 0 Å². The van der Waals surface area contributed by atoms with Crippen LogP contribution in [-0.4, -0.2) is 29.4 Å². The second kappa shape index (κ2) is 12.7. The third-order valence-corrected chi connectivity index (χ3v) is 6.23. The van der Waals surface area contributed by atoms with E-state index in [2.05, 4.69) is 58.2 Å². The van der Waals surface area contributed by atoms with Crippen LogP contribution in [0.15, 0.2) is 71.2 Å². The molecule has 0 fully saturated rings. The van der Waals surface area contributed by atoms with Gasteiger partial charge in [-0.15, -0.1) is 0 Å². The van der Waals surface area contributed by atoms with Crippen molar-refractivity contribution in [3.05, 3.63) is 93.5 Å². The molecule has 0 heterocycles. The summed E-state index contributed by atoms with van der Waals surface area (Å²) in [6.07, 6.45) is 0. The van der Waals surface area contributed by atoms with Gasteiger partial charge in [0.15, 0.2) is 11.7 Å². The highest BCUT2D eigenvalue weighted by Crippen LogP contribution is 2.25. The van der Waals surface area contributed by atoms with E-state index in [4.69, 9.17) is 17.0 Å². The molecule has 0 aliphatic rings. The van der Waals surface area contributed by atoms with E-state index in [1.165, 1.54) is 0 Å². The molecule has 0 aliphatic heterocycles. The highest BCUT2D eigenvalue weighted by Gasteiger charge is 2.15. The minimum Gasteiger partial charge on any atom is -0.483 e. The maximum absolute atomic E-state index is 12.6. The molecule has 0 spiro atoms. The van der Waals surface area contributed by atoms with Gasteiger partial charge in [0, 0.05) is 16.8 Å². The van der Waals surface area contributed by atoms with Crippen molar-refractivity contribution in [3.63, 3.8) is 0 Å². The van der Waals surface area contributed by atoms with E-state index in [-0.39, 0.29) is 23.0 Å². The third-order valence-electron chi connectivity index (χ3n) is 5.41. The van der Waals surface area contributed by atoms with E-state index < -0.39 is 11.8 Å². The summed E-state index contributed by atoms with van der Waals surface area (Å²) in [5, 5.41) is 5.15. The smallest absolute Gasteiger partial charge is 0.269 e. The van der Waals surface area contributed by atoms with Crippen LogP contribution in [0.25, 0.3) is 0 Å². The quantitative estimate of drug-likeness (QED) is 0.235. The van der Waals surface area contributed by atoms with Crippen molar-refractivity contribution in [2.45, 2.75) is 33.1 Å². The molecular formula is C28H29BrN4O4S. The molecule has 198 valence electrons. The second-order valence-electron chi connectivity index (χ2n) is 9.54. The first-order chi connectivity index (χ1) is 17.9. The lowest BCUT2D eigenvalue weighted by atomic mass is 9.87. The Balaban J connectivity index is 1.44. The molecule has 0 aliphatic carbocycles. The predicted octanol–water partition coefficient (Wildman–Crippen LogP) is 5.02. The SMILES string of the molecule is Cc1ccc(OCC(=O)NC(=S)NNC(=O)c2ccc(NC(=O)c3ccc(C(C)(C)C)cc3)cc2)c(Br)c1. The minimum atomic E-state index is -0.489. The summed E-state index contributed by atoms with van der Waals surface area (Å²) < 4.78 is 6.21. The molecular weight excluding hydrogens is 568 g/mol. The normalized spacial score (nSPS) is 10.8. The Morgan fingerprint density at radius 2 is 1.47 bits per heavy atom. The van der Waals surface area contributed by atoms with Crippen molar-refractivity contribution < 1.29 is 19.1 Å². The molecule has 0 saturated carbocycles. The number of hydrogen-bond acceptors (Lipinski definition) is 5. The number of hydrazine groups is 1. The van der Waals surface area contributed by atoms with E-state index >= 15 is 0 Å². The molecule has 4 N–H and O–H groups in total. The molecule has 3 rings (SSSR count). The van der Waals surface area contributed by atoms with Crippen LogP contribution in [0, 0.1) is 6.92 Å². The number of anilines is 1. The molecule has 3 aromatic rings. The molecule has 38 heavy (non-hydrogen) atoms. The number of nitrogens with one attached hydrogen (secondary N) is 4. The lowest BCUT2D eigenvalue weighted by molar-refractivity contribution is -0.121. The van der Waals surface area contributed by atoms with E-state index in [0.29, 0.717) is 22.6 Å². The van der Waals surface area contributed by atoms with Crippen molar-refractivity contribution >= 4 is 56.7 Å². The Morgan fingerprint density at radius 3 is 2.08 bits per heavy atom. The van der Waals surface area contributed by atoms with Gasteiger partial charge in [0.2, 0.25) is 0 Å². The average molecular weight is 598 g/mol. The Bertz CT molecular complexity index is 1340. The Kier molecular flexibility index (Phi) is 9.60. The first kappa shape index (κ1) is 28.8. The number of carbonyl (C=O) groups excluding carboxylic acids is 3. The fourth-order valence-electron chi connectivity index (χ4n) is 3.28. The Morgan fingerprint density at radius 1 is 0.868 bits per heavy atom. The van der Waals surface area contributed by atoms with Crippen molar-refractivity contribution in [3.8, 4) is 5.75 Å². The number of ether oxygens (including phenoxy) is 1. The van der Waals surface area contributed by atoms with E-state index in [1.54, 1.807) is 42.5 Å². The number of amides is 3. The number of thiocarbonyl (C=S) groups is 1. The molecule has 0 atom stereocenters. The topological polar surface area (TPSA) is 109 Å². The summed E-state index contributed by atoms with van der Waals surface area (Å²) in [5.41, 5.74) is 8.50. The van der Waals surface area contributed by atoms with E-state index in [9.17, 15) is 14.4 Å². The van der Waals surface area contributed by atoms with Crippen LogP contribution in [-0.2, 0) is 10.2 Å². The number of rotatable bonds is 6. The summed E-state index contributed by atoms with van der Waals surface area (Å²) in [5.74, 6) is -0.686. The largest absolute Gasteiger partial charge is 0.483 e. The summed E-state index contributed by atoms with van der Waals surface area (Å²) in [6, 6.07) is 19.3. The van der Waals surface area contributed by atoms with Crippen LogP contribution in [0.2, 0.25) is 0 Å². The zero-order valence-corrected chi connectivity index (χ0v) is 23.9. The minimum absolute atomic E-state index is 0.00331. The summed E-state index contributed by atoms with van der Waals surface area (Å²) in [4.78, 5) is 37.1. The van der Waals surface area contributed by atoms with Crippen LogP contribution in [0.4, 0.5) is 5.69 Å². The Hall–Kier alpha value is -3.76. The van der Waals surface area contributed by atoms with Gasteiger partial charge in [-0.1, -0.05) is 39.0 Å². The fourth-order valence-corrected chi connectivity index (χ4v) is 4.05. The van der Waals surface area contributed by atoms with Gasteiger partial charge in [-0.05, 0) is 100 Å². The maximum Gasteiger partial charge on any atom is 0.269 e. The predicted molar refractivity (Wildman–Crippen MR) is 155 cm³/mol. The molecule has 3 aromatic carbocycles. The van der Waals surface area contributed by atoms with Gasteiger partial charge in [-0.25, -0.2) is 0 Å². The van der Waals surface area contributed by atoms with Gasteiger partial charge in [0.25, 0.3) is 17.7 Å². The number of halogens is 1. The van der Waals surface area contributed by atoms with E-state index in [0.717, 1.165) is 15.6 Å². The number of benzene rings is 3. The number of carbonyl (C=O) groups is 3. The molecule has 8 nitrogen and oxygen atoms in total. The first-order valence-corrected chi connectivity index (χ1v) is 12.9. The highest BCUT2D eigenvalue weighted by atomic mass is 79.9. The third kappa shape index (κ3) is 8.39. The standard InChI is InChI=1S/C28H29BrN4O4S/c1-17-5-14-23(22(29)15-17)37-16-24(34)31-27(38)33-32-26(36)19-8-12-21(13-9-19)30-25(35)18-6-10-20(11-7-18)28(2,3)4/h5-15H,16H2,1-4H3,(H,30,35)(H,32,36)(H2,31,33,34,38). The lowest BCUT2D eigenvalue weighted by Gasteiger charge is -2.19. The van der Waals surface area contributed by atoms with E-state index in [1.807, 2.05) is 31.2 Å². The Labute approximate surface area is 235 Å². The molecule has 0 unspecified atom stereocenters. The molecule has 0 radical (unpaired) electrons. The maximum atomic E-state index is 12.6. The zero-order chi connectivity index (χ0) is 27.9. The highest BCUT2D eigenvalue weighted by molar-refractivity contribution is 9.10. The van der Waals surface area contributed by atoms with Crippen LogP contribution in [0.5, 0.6) is 5.75 Å². The molecule has 0 aromatic heterocycles. The summed E-state index contributed by atoms with van der Waals surface area (Å²) in [7, 11) is 0. The van der Waals surface area contributed by atoms with Gasteiger partial charge in [-0.3, -0.25) is 30.6 Å². The van der Waals surface area contributed by atoms with Crippen molar-refractivity contribution in [2.75, 3.05) is 11.9 Å². The monoisotopic (exact) mass is 596 g/mol. The zero-order valence-electron chi connectivity index (χ0n) is 21.5. The van der Waals surface area contributed by atoms with Gasteiger partial charge in [0.1, 0.15) is 5.75 Å². The molecule has 10 heteroatoms. The van der Waals surface area contributed by atoms with Gasteiger partial charge in [0.05, 0.1) is 4.47 Å². The van der Waals surface area contributed by atoms with Gasteiger partial charge < -0.3 is 10.1 Å². The molecule has 3 amide bonds. The first-order valence-electron chi connectivity index (χ1n) is 11.7. The van der Waals surface area contributed by atoms with Crippen LogP contribution in [0.1, 0.15) is 52.6 Å².